The standard InChI is InChI=1S/C47H41N/c1-3-15-44-35(2)16-14-23-45(44)46-33-32-43(34-47(46)40-21-8-4-5-9-22-40)48(41-28-24-38(25-29-41)36-17-10-6-11-18-36)42-30-26-39(27-31-42)37-19-12-7-13-20-37/h3-4,6,8-12,14-34H,5,7,13H2,1-2H3/b15-3-. The van der Waals surface area contributed by atoms with Gasteiger partial charge in [0, 0.05) is 17.1 Å². The van der Waals surface area contributed by atoms with E-state index in [1.165, 1.54) is 55.7 Å². The first-order chi connectivity index (χ1) is 23.7. The van der Waals surface area contributed by atoms with Gasteiger partial charge in [-0.25, -0.2) is 0 Å². The molecule has 0 fully saturated rings. The van der Waals surface area contributed by atoms with Crippen LogP contribution < -0.4 is 4.90 Å². The van der Waals surface area contributed by atoms with Crippen molar-refractivity contribution in [3.05, 3.63) is 192 Å². The lowest BCUT2D eigenvalue weighted by molar-refractivity contribution is 1.04. The van der Waals surface area contributed by atoms with Gasteiger partial charge < -0.3 is 4.90 Å². The van der Waals surface area contributed by atoms with Crippen LogP contribution in [0.2, 0.25) is 0 Å². The summed E-state index contributed by atoms with van der Waals surface area (Å²) in [6, 6.07) is 42.2. The highest BCUT2D eigenvalue weighted by Gasteiger charge is 2.19. The van der Waals surface area contributed by atoms with Gasteiger partial charge in [0.1, 0.15) is 0 Å². The van der Waals surface area contributed by atoms with Crippen LogP contribution in [0.1, 0.15) is 48.4 Å². The zero-order valence-electron chi connectivity index (χ0n) is 27.8. The third kappa shape index (κ3) is 6.59. The molecule has 2 aliphatic rings. The molecule has 0 saturated heterocycles. The molecule has 0 radical (unpaired) electrons. The molecule has 0 amide bonds. The predicted molar refractivity (Wildman–Crippen MR) is 209 cm³/mol. The maximum Gasteiger partial charge on any atom is 0.0468 e. The summed E-state index contributed by atoms with van der Waals surface area (Å²) in [7, 11) is 0. The molecule has 0 heterocycles. The van der Waals surface area contributed by atoms with Crippen LogP contribution in [-0.4, -0.2) is 0 Å². The molecular formula is C47H41N. The number of rotatable bonds is 8. The normalized spacial score (nSPS) is 14.1. The van der Waals surface area contributed by atoms with Crippen molar-refractivity contribution in [3.8, 4) is 22.3 Å². The lowest BCUT2D eigenvalue weighted by Crippen LogP contribution is -2.10. The van der Waals surface area contributed by atoms with Crippen LogP contribution in [0.5, 0.6) is 0 Å². The Kier molecular flexibility index (Phi) is 9.29. The summed E-state index contributed by atoms with van der Waals surface area (Å²) < 4.78 is 0. The molecule has 1 heteroatoms. The third-order valence-corrected chi connectivity index (χ3v) is 9.19. The Hall–Kier alpha value is -5.66. The summed E-state index contributed by atoms with van der Waals surface area (Å²) in [6.45, 7) is 4.29. The zero-order valence-corrected chi connectivity index (χ0v) is 27.8. The van der Waals surface area contributed by atoms with Crippen molar-refractivity contribution in [3.63, 3.8) is 0 Å². The summed E-state index contributed by atoms with van der Waals surface area (Å²) in [6.07, 6.45) is 25.5. The lowest BCUT2D eigenvalue weighted by atomic mass is 9.89. The fourth-order valence-corrected chi connectivity index (χ4v) is 6.72. The maximum atomic E-state index is 2.39. The van der Waals surface area contributed by atoms with Crippen LogP contribution in [0.3, 0.4) is 0 Å². The third-order valence-electron chi connectivity index (χ3n) is 9.19. The Balaban J connectivity index is 1.39. The van der Waals surface area contributed by atoms with E-state index < -0.39 is 0 Å². The smallest absolute Gasteiger partial charge is 0.0468 e. The number of nitrogens with zero attached hydrogens (tertiary/aromatic N) is 1. The summed E-state index contributed by atoms with van der Waals surface area (Å²) >= 11 is 0. The molecule has 1 nitrogen and oxygen atoms in total. The van der Waals surface area contributed by atoms with E-state index in [9.17, 15) is 0 Å². The second-order valence-electron chi connectivity index (χ2n) is 12.4. The first-order valence-electron chi connectivity index (χ1n) is 17.0. The van der Waals surface area contributed by atoms with Crippen molar-refractivity contribution in [1.29, 1.82) is 0 Å². The second-order valence-corrected chi connectivity index (χ2v) is 12.4. The van der Waals surface area contributed by atoms with Crippen LogP contribution in [0.25, 0.3) is 39.5 Å². The molecule has 0 saturated carbocycles. The van der Waals surface area contributed by atoms with E-state index in [1.54, 1.807) is 0 Å². The summed E-state index contributed by atoms with van der Waals surface area (Å²) in [5, 5.41) is 0. The summed E-state index contributed by atoms with van der Waals surface area (Å²) in [4.78, 5) is 2.39. The molecule has 5 aromatic rings. The highest BCUT2D eigenvalue weighted by Crippen LogP contribution is 2.42. The van der Waals surface area contributed by atoms with Crippen molar-refractivity contribution in [2.75, 3.05) is 4.90 Å². The Labute approximate surface area is 285 Å². The minimum absolute atomic E-state index is 0.932. The maximum absolute atomic E-state index is 2.39. The molecule has 0 aliphatic heterocycles. The molecule has 0 atom stereocenters. The van der Waals surface area contributed by atoms with Crippen molar-refractivity contribution in [2.45, 2.75) is 33.1 Å². The van der Waals surface area contributed by atoms with Crippen molar-refractivity contribution >= 4 is 34.3 Å². The predicted octanol–water partition coefficient (Wildman–Crippen LogP) is 13.5. The Bertz CT molecular complexity index is 2080. The van der Waals surface area contributed by atoms with Gasteiger partial charge in [-0.1, -0.05) is 140 Å². The summed E-state index contributed by atoms with van der Waals surface area (Å²) in [5.41, 5.74) is 15.8. The van der Waals surface area contributed by atoms with Gasteiger partial charge in [0.2, 0.25) is 0 Å². The summed E-state index contributed by atoms with van der Waals surface area (Å²) in [5.74, 6) is 0. The van der Waals surface area contributed by atoms with Gasteiger partial charge in [0.25, 0.3) is 0 Å². The Morgan fingerprint density at radius 2 is 1.27 bits per heavy atom. The van der Waals surface area contributed by atoms with Gasteiger partial charge in [-0.15, -0.1) is 0 Å². The highest BCUT2D eigenvalue weighted by atomic mass is 15.1. The van der Waals surface area contributed by atoms with E-state index in [2.05, 4.69) is 195 Å². The zero-order chi connectivity index (χ0) is 32.7. The average Bonchev–Trinajstić information content (AvgIpc) is 3.44. The van der Waals surface area contributed by atoms with Crippen molar-refractivity contribution in [1.82, 2.24) is 0 Å². The fourth-order valence-electron chi connectivity index (χ4n) is 6.72. The fraction of sp³-hybridized carbons (Fsp3) is 0.106. The van der Waals surface area contributed by atoms with Gasteiger partial charge in [-0.05, 0) is 125 Å². The van der Waals surface area contributed by atoms with Crippen LogP contribution >= 0.6 is 0 Å². The van der Waals surface area contributed by atoms with Gasteiger partial charge in [0.15, 0.2) is 0 Å². The minimum Gasteiger partial charge on any atom is -0.310 e. The molecule has 0 N–H and O–H groups in total. The minimum atomic E-state index is 0.932. The monoisotopic (exact) mass is 619 g/mol. The van der Waals surface area contributed by atoms with Gasteiger partial charge in [-0.3, -0.25) is 0 Å². The van der Waals surface area contributed by atoms with E-state index >= 15 is 0 Å². The van der Waals surface area contributed by atoms with Crippen LogP contribution in [0, 0.1) is 6.92 Å². The number of hydrogen-bond donors (Lipinski definition) is 0. The molecule has 0 spiro atoms. The molecule has 7 rings (SSSR count). The quantitative estimate of drug-likeness (QED) is 0.167. The van der Waals surface area contributed by atoms with E-state index in [1.807, 2.05) is 0 Å². The van der Waals surface area contributed by atoms with Crippen molar-refractivity contribution in [2.24, 2.45) is 0 Å². The Morgan fingerprint density at radius 3 is 2.00 bits per heavy atom. The van der Waals surface area contributed by atoms with Crippen molar-refractivity contribution < 1.29 is 0 Å². The van der Waals surface area contributed by atoms with E-state index in [4.69, 9.17) is 0 Å². The first-order valence-corrected chi connectivity index (χ1v) is 17.0. The molecule has 0 aromatic heterocycles. The van der Waals surface area contributed by atoms with Gasteiger partial charge >= 0.3 is 0 Å². The second kappa shape index (κ2) is 14.4. The lowest BCUT2D eigenvalue weighted by Gasteiger charge is -2.27. The van der Waals surface area contributed by atoms with Crippen LogP contribution in [0.15, 0.2) is 170 Å². The average molecular weight is 620 g/mol. The topological polar surface area (TPSA) is 3.24 Å². The number of aryl methyl sites for hydroxylation is 1. The SMILES string of the molecule is C/C=C\c1c(C)cccc1-c1ccc(N(c2ccc(C3=CCCC=C3)cc2)c2ccc(-c3ccccc3)cc2)cc1C1=CC=CCC=C1. The number of hydrogen-bond acceptors (Lipinski definition) is 1. The molecule has 2 aliphatic carbocycles. The van der Waals surface area contributed by atoms with Crippen LogP contribution in [0.4, 0.5) is 17.1 Å². The molecule has 0 unspecified atom stereocenters. The molecule has 0 bridgehead atoms. The number of anilines is 3. The van der Waals surface area contributed by atoms with E-state index in [0.717, 1.165) is 36.3 Å². The Morgan fingerprint density at radius 1 is 0.562 bits per heavy atom. The van der Waals surface area contributed by atoms with Gasteiger partial charge in [0.05, 0.1) is 0 Å². The highest BCUT2D eigenvalue weighted by molar-refractivity contribution is 5.93. The van der Waals surface area contributed by atoms with Crippen LogP contribution in [-0.2, 0) is 0 Å². The molecule has 5 aromatic carbocycles. The molecule has 234 valence electrons. The molecule has 48 heavy (non-hydrogen) atoms. The number of benzene rings is 5. The van der Waals surface area contributed by atoms with Gasteiger partial charge in [-0.2, -0.15) is 0 Å². The van der Waals surface area contributed by atoms with E-state index in [-0.39, 0.29) is 0 Å². The van der Waals surface area contributed by atoms with E-state index in [0.29, 0.717) is 0 Å². The molecular weight excluding hydrogens is 579 g/mol. The largest absolute Gasteiger partial charge is 0.310 e. The number of allylic oxidation sites excluding steroid dienone is 11. The first kappa shape index (κ1) is 31.0.